The number of carboxylic acid groups (broad SMARTS) is 1. The smallest absolute Gasteiger partial charge is 0.326 e. The van der Waals surface area contributed by atoms with Crippen molar-refractivity contribution in [2.75, 3.05) is 19.6 Å². The highest BCUT2D eigenvalue weighted by atomic mass is 16.4. The number of amides is 1. The lowest BCUT2D eigenvalue weighted by molar-refractivity contribution is -0.144. The van der Waals surface area contributed by atoms with Gasteiger partial charge in [-0.05, 0) is 57.8 Å². The van der Waals surface area contributed by atoms with Crippen LogP contribution in [0.25, 0.3) is 0 Å². The molecule has 2 fully saturated rings. The molecule has 2 saturated heterocycles. The van der Waals surface area contributed by atoms with Crippen molar-refractivity contribution in [1.29, 1.82) is 0 Å². The molecule has 1 N–H and O–H groups in total. The van der Waals surface area contributed by atoms with Crippen molar-refractivity contribution in [2.45, 2.75) is 44.7 Å². The quantitative estimate of drug-likeness (QED) is 0.921. The summed E-state index contributed by atoms with van der Waals surface area (Å²) in [4.78, 5) is 28.0. The highest BCUT2D eigenvalue weighted by Gasteiger charge is 2.39. The Kier molecular flexibility index (Phi) is 4.20. The van der Waals surface area contributed by atoms with Gasteiger partial charge in [-0.15, -0.1) is 0 Å². The number of hydrogen-bond donors (Lipinski definition) is 1. The summed E-state index contributed by atoms with van der Waals surface area (Å²) in [5, 5.41) is 9.53. The van der Waals surface area contributed by atoms with Gasteiger partial charge in [0.25, 0.3) is 5.91 Å². The maximum Gasteiger partial charge on any atom is 0.326 e. The second kappa shape index (κ2) is 6.12. The van der Waals surface area contributed by atoms with Crippen molar-refractivity contribution < 1.29 is 19.1 Å². The molecule has 6 heteroatoms. The second-order valence-electron chi connectivity index (χ2n) is 6.18. The number of aliphatic carboxylic acids is 1. The van der Waals surface area contributed by atoms with E-state index in [-0.39, 0.29) is 17.7 Å². The topological polar surface area (TPSA) is 74.0 Å². The molecule has 0 spiro atoms. The molecule has 2 unspecified atom stereocenters. The monoisotopic (exact) mass is 306 g/mol. The molecule has 120 valence electrons. The van der Waals surface area contributed by atoms with Crippen molar-refractivity contribution in [3.63, 3.8) is 0 Å². The van der Waals surface area contributed by atoms with E-state index < -0.39 is 12.0 Å². The van der Waals surface area contributed by atoms with Crippen LogP contribution in [0.15, 0.2) is 16.5 Å². The average molecular weight is 306 g/mol. The van der Waals surface area contributed by atoms with Crippen LogP contribution in [0.4, 0.5) is 0 Å². The van der Waals surface area contributed by atoms with Crippen molar-refractivity contribution in [3.8, 4) is 0 Å². The van der Waals surface area contributed by atoms with Crippen LogP contribution in [-0.4, -0.2) is 58.5 Å². The fourth-order valence-corrected chi connectivity index (χ4v) is 3.55. The van der Waals surface area contributed by atoms with E-state index in [1.165, 1.54) is 17.7 Å². The van der Waals surface area contributed by atoms with E-state index in [1.807, 2.05) is 0 Å². The summed E-state index contributed by atoms with van der Waals surface area (Å²) in [5.74, 6) is -0.369. The van der Waals surface area contributed by atoms with Crippen LogP contribution in [0.2, 0.25) is 0 Å². The minimum Gasteiger partial charge on any atom is -0.480 e. The molecule has 0 aromatic carbocycles. The minimum atomic E-state index is -0.930. The van der Waals surface area contributed by atoms with Gasteiger partial charge in [-0.25, -0.2) is 4.79 Å². The van der Waals surface area contributed by atoms with Gasteiger partial charge in [-0.2, -0.15) is 0 Å². The summed E-state index contributed by atoms with van der Waals surface area (Å²) in [6.07, 6.45) is 3.70. The summed E-state index contributed by atoms with van der Waals surface area (Å²) in [6.45, 7) is 4.33. The van der Waals surface area contributed by atoms with Crippen molar-refractivity contribution in [2.24, 2.45) is 0 Å². The molecule has 1 amide bonds. The Bertz CT molecular complexity index is 562. The fourth-order valence-electron chi connectivity index (χ4n) is 3.55. The second-order valence-corrected chi connectivity index (χ2v) is 6.18. The molecule has 2 atom stereocenters. The van der Waals surface area contributed by atoms with Crippen LogP contribution in [0, 0.1) is 6.92 Å². The van der Waals surface area contributed by atoms with E-state index in [1.54, 1.807) is 19.1 Å². The van der Waals surface area contributed by atoms with E-state index in [0.717, 1.165) is 19.5 Å². The molecule has 0 saturated carbocycles. The van der Waals surface area contributed by atoms with Gasteiger partial charge in [0.2, 0.25) is 0 Å². The molecule has 2 aliphatic rings. The van der Waals surface area contributed by atoms with Crippen molar-refractivity contribution in [1.82, 2.24) is 9.80 Å². The molecule has 1 aromatic heterocycles. The number of aryl methyl sites for hydroxylation is 1. The van der Waals surface area contributed by atoms with Crippen LogP contribution >= 0.6 is 0 Å². The van der Waals surface area contributed by atoms with E-state index >= 15 is 0 Å². The summed E-state index contributed by atoms with van der Waals surface area (Å²) < 4.78 is 5.36. The highest BCUT2D eigenvalue weighted by Crippen LogP contribution is 2.26. The van der Waals surface area contributed by atoms with Gasteiger partial charge >= 0.3 is 5.97 Å². The number of furan rings is 1. The predicted molar refractivity (Wildman–Crippen MR) is 79.7 cm³/mol. The van der Waals surface area contributed by atoms with Crippen LogP contribution in [0.1, 0.15) is 42.0 Å². The summed E-state index contributed by atoms with van der Waals surface area (Å²) in [6, 6.07) is 2.84. The zero-order valence-electron chi connectivity index (χ0n) is 12.8. The van der Waals surface area contributed by atoms with Gasteiger partial charge in [0.05, 0.1) is 0 Å². The highest BCUT2D eigenvalue weighted by molar-refractivity contribution is 5.94. The summed E-state index contributed by atoms with van der Waals surface area (Å²) >= 11 is 0. The minimum absolute atomic E-state index is 0.225. The first-order chi connectivity index (χ1) is 10.6. The molecule has 2 aliphatic heterocycles. The van der Waals surface area contributed by atoms with Crippen LogP contribution in [0.5, 0.6) is 0 Å². The van der Waals surface area contributed by atoms with Gasteiger partial charge < -0.3 is 19.3 Å². The number of piperidine rings is 1. The van der Waals surface area contributed by atoms with E-state index in [9.17, 15) is 14.7 Å². The maximum absolute atomic E-state index is 12.5. The SMILES string of the molecule is Cc1ccc(C(=O)N2CCC(N3CCCC3)CC2C(=O)O)o1. The van der Waals surface area contributed by atoms with Crippen LogP contribution in [-0.2, 0) is 4.79 Å². The number of rotatable bonds is 3. The molecule has 1 aromatic rings. The lowest BCUT2D eigenvalue weighted by Crippen LogP contribution is -2.54. The molecule has 0 radical (unpaired) electrons. The van der Waals surface area contributed by atoms with Crippen LogP contribution in [0.3, 0.4) is 0 Å². The Morgan fingerprint density at radius 3 is 2.55 bits per heavy atom. The Morgan fingerprint density at radius 2 is 1.95 bits per heavy atom. The van der Waals surface area contributed by atoms with E-state index in [2.05, 4.69) is 4.90 Å². The predicted octanol–water partition coefficient (Wildman–Crippen LogP) is 1.74. The van der Waals surface area contributed by atoms with Gasteiger partial charge in [0, 0.05) is 12.6 Å². The first kappa shape index (κ1) is 15.1. The number of carbonyl (C=O) groups is 2. The Hall–Kier alpha value is -1.82. The molecule has 22 heavy (non-hydrogen) atoms. The summed E-state index contributed by atoms with van der Waals surface area (Å²) in [5.41, 5.74) is 0. The third-order valence-electron chi connectivity index (χ3n) is 4.73. The van der Waals surface area contributed by atoms with Gasteiger partial charge in [-0.3, -0.25) is 4.79 Å². The fraction of sp³-hybridized carbons (Fsp3) is 0.625. The zero-order valence-corrected chi connectivity index (χ0v) is 12.8. The molecular formula is C16H22N2O4. The number of carbonyl (C=O) groups excluding carboxylic acids is 1. The van der Waals surface area contributed by atoms with Crippen molar-refractivity contribution >= 4 is 11.9 Å². The number of hydrogen-bond acceptors (Lipinski definition) is 4. The first-order valence-corrected chi connectivity index (χ1v) is 7.90. The van der Waals surface area contributed by atoms with E-state index in [4.69, 9.17) is 4.42 Å². The largest absolute Gasteiger partial charge is 0.480 e. The molecule has 0 aliphatic carbocycles. The number of likely N-dealkylation sites (tertiary alicyclic amines) is 2. The number of nitrogens with zero attached hydrogens (tertiary/aromatic N) is 2. The normalized spacial score (nSPS) is 26.3. The molecule has 3 heterocycles. The number of carboxylic acids is 1. The molecular weight excluding hydrogens is 284 g/mol. The summed E-state index contributed by atoms with van der Waals surface area (Å²) in [7, 11) is 0. The Morgan fingerprint density at radius 1 is 1.23 bits per heavy atom. The van der Waals surface area contributed by atoms with Gasteiger partial charge in [0.15, 0.2) is 5.76 Å². The maximum atomic E-state index is 12.5. The Labute approximate surface area is 129 Å². The van der Waals surface area contributed by atoms with Crippen molar-refractivity contribution in [3.05, 3.63) is 23.7 Å². The van der Waals surface area contributed by atoms with Gasteiger partial charge in [-0.1, -0.05) is 0 Å². The molecule has 0 bridgehead atoms. The van der Waals surface area contributed by atoms with Gasteiger partial charge in [0.1, 0.15) is 11.8 Å². The first-order valence-electron chi connectivity index (χ1n) is 7.90. The third kappa shape index (κ3) is 2.88. The average Bonchev–Trinajstić information content (AvgIpc) is 3.17. The lowest BCUT2D eigenvalue weighted by Gasteiger charge is -2.40. The molecule has 6 nitrogen and oxygen atoms in total. The Balaban J connectivity index is 1.74. The van der Waals surface area contributed by atoms with E-state index in [0.29, 0.717) is 18.7 Å². The third-order valence-corrected chi connectivity index (χ3v) is 4.73. The van der Waals surface area contributed by atoms with Crippen LogP contribution < -0.4 is 0 Å². The lowest BCUT2D eigenvalue weighted by atomic mass is 9.95. The molecule has 3 rings (SSSR count). The zero-order chi connectivity index (χ0) is 15.7. The standard InChI is InChI=1S/C16H22N2O4/c1-11-4-5-14(22-11)15(19)18-9-6-12(10-13(18)16(20)21)17-7-2-3-8-17/h4-5,12-13H,2-3,6-10H2,1H3,(H,20,21).